The molecule has 5 nitrogen and oxygen atoms in total. The molecule has 0 spiro atoms. The molecular weight excluding hydrogens is 321 g/mol. The van der Waals surface area contributed by atoms with Crippen LogP contribution >= 0.6 is 34.8 Å². The van der Waals surface area contributed by atoms with Gasteiger partial charge in [-0.1, -0.05) is 46.9 Å². The third-order valence-corrected chi connectivity index (χ3v) is 3.38. The third kappa shape index (κ3) is 2.47. The molecule has 8 heteroatoms. The van der Waals surface area contributed by atoms with Crippen LogP contribution in [0.1, 0.15) is 0 Å². The Morgan fingerprint density at radius 3 is 2.10 bits per heavy atom. The van der Waals surface area contributed by atoms with Gasteiger partial charge < -0.3 is 0 Å². The highest BCUT2D eigenvalue weighted by Crippen LogP contribution is 2.34. The first-order chi connectivity index (χ1) is 9.65. The summed E-state index contributed by atoms with van der Waals surface area (Å²) in [5.74, 6) is 0.687. The minimum Gasteiger partial charge on any atom is -0.257 e. The summed E-state index contributed by atoms with van der Waals surface area (Å²) in [6.45, 7) is 0. The van der Waals surface area contributed by atoms with Gasteiger partial charge in [-0.2, -0.15) is 5.10 Å². The van der Waals surface area contributed by atoms with Crippen molar-refractivity contribution >= 4 is 34.8 Å². The maximum Gasteiger partial charge on any atom is 0.200 e. The number of rotatable bonds is 2. The number of H-pyrrole nitrogens is 1. The van der Waals surface area contributed by atoms with Crippen molar-refractivity contribution in [2.24, 2.45) is 0 Å². The van der Waals surface area contributed by atoms with Crippen LogP contribution in [0.5, 0.6) is 0 Å². The lowest BCUT2D eigenvalue weighted by atomic mass is 10.1. The van der Waals surface area contributed by atoms with Crippen LogP contribution in [0.25, 0.3) is 22.8 Å². The van der Waals surface area contributed by atoms with E-state index >= 15 is 0 Å². The Bertz CT molecular complexity index is 717. The number of aromatic amines is 1. The Morgan fingerprint density at radius 1 is 0.900 bits per heavy atom. The number of halogens is 3. The molecule has 0 aliphatic heterocycles. The predicted molar refractivity (Wildman–Crippen MR) is 77.9 cm³/mol. The summed E-state index contributed by atoms with van der Waals surface area (Å²) >= 11 is 18.2. The second kappa shape index (κ2) is 5.36. The molecule has 0 fully saturated rings. The molecule has 0 unspecified atom stereocenters. The minimum atomic E-state index is 0.235. The summed E-state index contributed by atoms with van der Waals surface area (Å²) < 4.78 is 0. The van der Waals surface area contributed by atoms with Gasteiger partial charge >= 0.3 is 0 Å². The Morgan fingerprint density at radius 2 is 1.55 bits per heavy atom. The number of benzene rings is 1. The maximum atomic E-state index is 6.20. The number of hydrogen-bond donors (Lipinski definition) is 1. The SMILES string of the molecule is Clc1ccc(-c2c(Cl)nc(-c3ncn[nH]3)nc2Cl)cc1. The van der Waals surface area contributed by atoms with E-state index < -0.39 is 0 Å². The lowest BCUT2D eigenvalue weighted by Crippen LogP contribution is -1.96. The maximum absolute atomic E-state index is 6.20. The average molecular weight is 327 g/mol. The van der Waals surface area contributed by atoms with Gasteiger partial charge in [0.2, 0.25) is 0 Å². The molecule has 1 aromatic carbocycles. The van der Waals surface area contributed by atoms with Crippen molar-refractivity contribution in [1.29, 1.82) is 0 Å². The topological polar surface area (TPSA) is 67.3 Å². The van der Waals surface area contributed by atoms with Crippen molar-refractivity contribution in [2.45, 2.75) is 0 Å². The molecule has 0 radical (unpaired) electrons. The monoisotopic (exact) mass is 325 g/mol. The van der Waals surface area contributed by atoms with E-state index in [0.29, 0.717) is 16.4 Å². The van der Waals surface area contributed by atoms with Crippen molar-refractivity contribution < 1.29 is 0 Å². The molecule has 20 heavy (non-hydrogen) atoms. The van der Waals surface area contributed by atoms with Crippen LogP contribution in [0.4, 0.5) is 0 Å². The number of hydrogen-bond acceptors (Lipinski definition) is 4. The molecule has 100 valence electrons. The lowest BCUT2D eigenvalue weighted by molar-refractivity contribution is 1.06. The van der Waals surface area contributed by atoms with Gasteiger partial charge in [0, 0.05) is 5.02 Å². The summed E-state index contributed by atoms with van der Waals surface area (Å²) in [5.41, 5.74) is 1.33. The first-order valence-corrected chi connectivity index (χ1v) is 6.63. The molecular formula is C12H6Cl3N5. The number of aromatic nitrogens is 5. The highest BCUT2D eigenvalue weighted by molar-refractivity contribution is 6.38. The van der Waals surface area contributed by atoms with E-state index in [1.54, 1.807) is 24.3 Å². The molecule has 2 aromatic heterocycles. The van der Waals surface area contributed by atoms with Crippen LogP contribution < -0.4 is 0 Å². The van der Waals surface area contributed by atoms with Gasteiger partial charge in [0.05, 0.1) is 5.56 Å². The molecule has 3 aromatic rings. The van der Waals surface area contributed by atoms with E-state index in [1.807, 2.05) is 0 Å². The van der Waals surface area contributed by atoms with Crippen molar-refractivity contribution in [3.05, 3.63) is 45.9 Å². The average Bonchev–Trinajstić information content (AvgIpc) is 2.94. The highest BCUT2D eigenvalue weighted by Gasteiger charge is 2.15. The summed E-state index contributed by atoms with van der Waals surface area (Å²) in [5, 5.41) is 7.48. The molecule has 0 saturated carbocycles. The zero-order chi connectivity index (χ0) is 14.1. The molecule has 0 bridgehead atoms. The van der Waals surface area contributed by atoms with Crippen molar-refractivity contribution in [3.8, 4) is 22.8 Å². The number of nitrogens with one attached hydrogen (secondary N) is 1. The largest absolute Gasteiger partial charge is 0.257 e. The first kappa shape index (κ1) is 13.3. The standard InChI is InChI=1S/C12H6Cl3N5/c13-7-3-1-6(2-4-7)8-9(14)18-12(19-10(8)15)11-16-5-17-20-11/h1-5H,(H,16,17,20). The van der Waals surface area contributed by atoms with E-state index in [2.05, 4.69) is 25.1 Å². The smallest absolute Gasteiger partial charge is 0.200 e. The van der Waals surface area contributed by atoms with Gasteiger partial charge in [-0.3, -0.25) is 5.10 Å². The fraction of sp³-hybridized carbons (Fsp3) is 0. The second-order valence-corrected chi connectivity index (χ2v) is 5.00. The summed E-state index contributed by atoms with van der Waals surface area (Å²) in [6, 6.07) is 7.08. The van der Waals surface area contributed by atoms with Gasteiger partial charge in [0.25, 0.3) is 0 Å². The summed E-state index contributed by atoms with van der Waals surface area (Å²) in [4.78, 5) is 12.3. The van der Waals surface area contributed by atoms with Crippen LogP contribution in [-0.2, 0) is 0 Å². The molecule has 3 rings (SSSR count). The third-order valence-electron chi connectivity index (χ3n) is 2.58. The fourth-order valence-electron chi connectivity index (χ4n) is 1.68. The molecule has 2 heterocycles. The Labute approximate surface area is 129 Å². The first-order valence-electron chi connectivity index (χ1n) is 5.50. The zero-order valence-electron chi connectivity index (χ0n) is 9.81. The van der Waals surface area contributed by atoms with E-state index in [-0.39, 0.29) is 16.1 Å². The van der Waals surface area contributed by atoms with Gasteiger partial charge in [0.1, 0.15) is 16.6 Å². The lowest BCUT2D eigenvalue weighted by Gasteiger charge is -2.07. The number of nitrogens with zero attached hydrogens (tertiary/aromatic N) is 4. The Balaban J connectivity index is 2.11. The molecule has 0 aliphatic rings. The van der Waals surface area contributed by atoms with Crippen LogP contribution in [0.3, 0.4) is 0 Å². The van der Waals surface area contributed by atoms with Crippen molar-refractivity contribution in [3.63, 3.8) is 0 Å². The van der Waals surface area contributed by atoms with Gasteiger partial charge in [-0.05, 0) is 17.7 Å². The fourth-order valence-corrected chi connectivity index (χ4v) is 2.41. The minimum absolute atomic E-state index is 0.235. The van der Waals surface area contributed by atoms with Gasteiger partial charge in [-0.25, -0.2) is 15.0 Å². The van der Waals surface area contributed by atoms with E-state index in [1.165, 1.54) is 6.33 Å². The van der Waals surface area contributed by atoms with Gasteiger partial charge in [-0.15, -0.1) is 0 Å². The van der Waals surface area contributed by atoms with Crippen LogP contribution in [0.2, 0.25) is 15.3 Å². The van der Waals surface area contributed by atoms with Crippen LogP contribution in [-0.4, -0.2) is 25.1 Å². The second-order valence-electron chi connectivity index (χ2n) is 3.84. The highest BCUT2D eigenvalue weighted by atomic mass is 35.5. The molecule has 1 N–H and O–H groups in total. The van der Waals surface area contributed by atoms with Gasteiger partial charge in [0.15, 0.2) is 11.6 Å². The zero-order valence-corrected chi connectivity index (χ0v) is 12.1. The molecule has 0 atom stereocenters. The van der Waals surface area contributed by atoms with E-state index in [0.717, 1.165) is 5.56 Å². The summed E-state index contributed by atoms with van der Waals surface area (Å²) in [6.07, 6.45) is 1.35. The molecule has 0 aliphatic carbocycles. The Hall–Kier alpha value is -1.69. The van der Waals surface area contributed by atoms with E-state index in [4.69, 9.17) is 34.8 Å². The molecule has 0 saturated heterocycles. The quantitative estimate of drug-likeness (QED) is 0.725. The van der Waals surface area contributed by atoms with E-state index in [9.17, 15) is 0 Å². The van der Waals surface area contributed by atoms with Crippen molar-refractivity contribution in [2.75, 3.05) is 0 Å². The normalized spacial score (nSPS) is 10.8. The Kier molecular flexibility index (Phi) is 3.56. The van der Waals surface area contributed by atoms with Crippen LogP contribution in [0.15, 0.2) is 30.6 Å². The van der Waals surface area contributed by atoms with Crippen molar-refractivity contribution in [1.82, 2.24) is 25.1 Å². The van der Waals surface area contributed by atoms with Crippen LogP contribution in [0, 0.1) is 0 Å². The summed E-state index contributed by atoms with van der Waals surface area (Å²) in [7, 11) is 0. The molecule has 0 amide bonds. The predicted octanol–water partition coefficient (Wildman–Crippen LogP) is 3.89.